The Balaban J connectivity index is 2.73. The predicted molar refractivity (Wildman–Crippen MR) is 71.5 cm³/mol. The second-order valence-electron chi connectivity index (χ2n) is 3.80. The predicted octanol–water partition coefficient (Wildman–Crippen LogP) is 2.07. The first-order valence-corrected chi connectivity index (χ1v) is 6.25. The molecular weight excluding hydrogens is 254 g/mol. The van der Waals surface area contributed by atoms with Crippen molar-refractivity contribution in [3.05, 3.63) is 29.8 Å². The molecule has 0 saturated carbocycles. The summed E-state index contributed by atoms with van der Waals surface area (Å²) in [4.78, 5) is 12.1. The minimum atomic E-state index is -0.181. The van der Waals surface area contributed by atoms with E-state index in [0.29, 0.717) is 30.2 Å². The minimum absolute atomic E-state index is 0.0927. The van der Waals surface area contributed by atoms with Gasteiger partial charge in [0.1, 0.15) is 5.75 Å². The summed E-state index contributed by atoms with van der Waals surface area (Å²) >= 11 is 5.69. The summed E-state index contributed by atoms with van der Waals surface area (Å²) in [5.74, 6) is 0.844. The molecule has 0 saturated heterocycles. The summed E-state index contributed by atoms with van der Waals surface area (Å²) in [6.45, 7) is 0.438. The maximum Gasteiger partial charge on any atom is 0.255 e. The molecule has 0 bridgehead atoms. The Morgan fingerprint density at radius 2 is 2.11 bits per heavy atom. The third-order valence-electron chi connectivity index (χ3n) is 2.51. The van der Waals surface area contributed by atoms with Crippen LogP contribution in [0.15, 0.2) is 24.3 Å². The molecule has 0 heterocycles. The standard InChI is InChI=1S/C13H18ClNO3/c1-17-9-10(7-8-14)15-13(16)11-5-3-4-6-12(11)18-2/h3-6,10H,7-9H2,1-2H3,(H,15,16). The SMILES string of the molecule is COCC(CCCl)NC(=O)c1ccccc1OC. The summed E-state index contributed by atoms with van der Waals surface area (Å²) in [5, 5.41) is 2.88. The number of nitrogens with one attached hydrogen (secondary N) is 1. The lowest BCUT2D eigenvalue weighted by Crippen LogP contribution is -2.38. The number of halogens is 1. The smallest absolute Gasteiger partial charge is 0.255 e. The van der Waals surface area contributed by atoms with E-state index in [2.05, 4.69) is 5.32 Å². The van der Waals surface area contributed by atoms with Crippen molar-refractivity contribution in [2.45, 2.75) is 12.5 Å². The average Bonchev–Trinajstić information content (AvgIpc) is 2.39. The van der Waals surface area contributed by atoms with E-state index in [4.69, 9.17) is 21.1 Å². The Hall–Kier alpha value is -1.26. The molecule has 1 N–H and O–H groups in total. The highest BCUT2D eigenvalue weighted by atomic mass is 35.5. The number of alkyl halides is 1. The molecule has 1 rings (SSSR count). The first kappa shape index (κ1) is 14.8. The van der Waals surface area contributed by atoms with Crippen LogP contribution in [0.4, 0.5) is 0 Å². The number of para-hydroxylation sites is 1. The number of hydrogen-bond acceptors (Lipinski definition) is 3. The molecule has 1 atom stereocenters. The van der Waals surface area contributed by atoms with Crippen molar-refractivity contribution in [2.75, 3.05) is 26.7 Å². The van der Waals surface area contributed by atoms with Gasteiger partial charge in [0, 0.05) is 13.0 Å². The molecule has 100 valence electrons. The monoisotopic (exact) mass is 271 g/mol. The highest BCUT2D eigenvalue weighted by molar-refractivity contribution is 6.17. The number of carbonyl (C=O) groups excluding carboxylic acids is 1. The summed E-state index contributed by atoms with van der Waals surface area (Å²) < 4.78 is 10.2. The molecule has 5 heteroatoms. The molecule has 1 unspecified atom stereocenters. The third-order valence-corrected chi connectivity index (χ3v) is 2.73. The van der Waals surface area contributed by atoms with Gasteiger partial charge in [-0.15, -0.1) is 11.6 Å². The molecular formula is C13H18ClNO3. The van der Waals surface area contributed by atoms with Crippen LogP contribution in [-0.4, -0.2) is 38.7 Å². The van der Waals surface area contributed by atoms with E-state index in [-0.39, 0.29) is 11.9 Å². The zero-order valence-electron chi connectivity index (χ0n) is 10.6. The summed E-state index contributed by atoms with van der Waals surface area (Å²) in [6, 6.07) is 7.00. The van der Waals surface area contributed by atoms with E-state index in [0.717, 1.165) is 0 Å². The van der Waals surface area contributed by atoms with Gasteiger partial charge < -0.3 is 14.8 Å². The van der Waals surface area contributed by atoms with Crippen molar-refractivity contribution in [2.24, 2.45) is 0 Å². The van der Waals surface area contributed by atoms with Crippen molar-refractivity contribution in [1.82, 2.24) is 5.32 Å². The number of amides is 1. The molecule has 0 aliphatic rings. The van der Waals surface area contributed by atoms with Gasteiger partial charge in [0.15, 0.2) is 0 Å². The average molecular weight is 272 g/mol. The van der Waals surface area contributed by atoms with E-state index >= 15 is 0 Å². The first-order valence-electron chi connectivity index (χ1n) is 5.71. The van der Waals surface area contributed by atoms with Crippen molar-refractivity contribution in [3.63, 3.8) is 0 Å². The fourth-order valence-corrected chi connectivity index (χ4v) is 1.89. The highest BCUT2D eigenvalue weighted by Gasteiger charge is 2.16. The van der Waals surface area contributed by atoms with Crippen LogP contribution in [0.3, 0.4) is 0 Å². The van der Waals surface area contributed by atoms with Gasteiger partial charge >= 0.3 is 0 Å². The highest BCUT2D eigenvalue weighted by Crippen LogP contribution is 2.17. The number of benzene rings is 1. The van der Waals surface area contributed by atoms with Gasteiger partial charge in [-0.2, -0.15) is 0 Å². The molecule has 0 aromatic heterocycles. The second kappa shape index (κ2) is 7.95. The quantitative estimate of drug-likeness (QED) is 0.773. The van der Waals surface area contributed by atoms with Crippen LogP contribution in [0.2, 0.25) is 0 Å². The topological polar surface area (TPSA) is 47.6 Å². The summed E-state index contributed by atoms with van der Waals surface area (Å²) in [6.07, 6.45) is 0.663. The lowest BCUT2D eigenvalue weighted by Gasteiger charge is -2.17. The Bertz CT molecular complexity index is 378. The molecule has 0 spiro atoms. The minimum Gasteiger partial charge on any atom is -0.496 e. The van der Waals surface area contributed by atoms with E-state index in [9.17, 15) is 4.79 Å². The van der Waals surface area contributed by atoms with Gasteiger partial charge in [-0.25, -0.2) is 0 Å². The van der Waals surface area contributed by atoms with Crippen LogP contribution >= 0.6 is 11.6 Å². The molecule has 0 fully saturated rings. The molecule has 1 amide bonds. The number of hydrogen-bond donors (Lipinski definition) is 1. The van der Waals surface area contributed by atoms with Crippen molar-refractivity contribution >= 4 is 17.5 Å². The molecule has 0 aliphatic carbocycles. The van der Waals surface area contributed by atoms with Gasteiger partial charge in [-0.05, 0) is 18.6 Å². The van der Waals surface area contributed by atoms with Crippen LogP contribution in [0.1, 0.15) is 16.8 Å². The van der Waals surface area contributed by atoms with Crippen molar-refractivity contribution in [3.8, 4) is 5.75 Å². The number of rotatable bonds is 7. The van der Waals surface area contributed by atoms with Gasteiger partial charge in [0.2, 0.25) is 0 Å². The van der Waals surface area contributed by atoms with Crippen LogP contribution in [0.5, 0.6) is 5.75 Å². The van der Waals surface area contributed by atoms with Gasteiger partial charge in [-0.3, -0.25) is 4.79 Å². The largest absolute Gasteiger partial charge is 0.496 e. The molecule has 1 aromatic carbocycles. The Kier molecular flexibility index (Phi) is 6.54. The van der Waals surface area contributed by atoms with Gasteiger partial charge in [-0.1, -0.05) is 12.1 Å². The Labute approximate surface area is 112 Å². The molecule has 4 nitrogen and oxygen atoms in total. The first-order chi connectivity index (χ1) is 8.72. The van der Waals surface area contributed by atoms with Crippen LogP contribution in [0.25, 0.3) is 0 Å². The number of carbonyl (C=O) groups is 1. The maximum absolute atomic E-state index is 12.1. The number of ether oxygens (including phenoxy) is 2. The van der Waals surface area contributed by atoms with Gasteiger partial charge in [0.05, 0.1) is 25.3 Å². The molecule has 0 radical (unpaired) electrons. The normalized spacial score (nSPS) is 11.9. The Morgan fingerprint density at radius 1 is 1.39 bits per heavy atom. The molecule has 0 aliphatic heterocycles. The summed E-state index contributed by atoms with van der Waals surface area (Å²) in [7, 11) is 3.13. The second-order valence-corrected chi connectivity index (χ2v) is 4.18. The Morgan fingerprint density at radius 3 is 2.72 bits per heavy atom. The lowest BCUT2D eigenvalue weighted by molar-refractivity contribution is 0.0892. The number of methoxy groups -OCH3 is 2. The maximum atomic E-state index is 12.1. The third kappa shape index (κ3) is 4.20. The van der Waals surface area contributed by atoms with Crippen LogP contribution in [-0.2, 0) is 4.74 Å². The van der Waals surface area contributed by atoms with Crippen LogP contribution in [0, 0.1) is 0 Å². The zero-order chi connectivity index (χ0) is 13.4. The van der Waals surface area contributed by atoms with E-state index < -0.39 is 0 Å². The molecule has 1 aromatic rings. The lowest BCUT2D eigenvalue weighted by atomic mass is 10.1. The van der Waals surface area contributed by atoms with Gasteiger partial charge in [0.25, 0.3) is 5.91 Å². The fourth-order valence-electron chi connectivity index (χ4n) is 1.63. The zero-order valence-corrected chi connectivity index (χ0v) is 11.4. The summed E-state index contributed by atoms with van der Waals surface area (Å²) in [5.41, 5.74) is 0.510. The van der Waals surface area contributed by atoms with Crippen molar-refractivity contribution in [1.29, 1.82) is 0 Å². The van der Waals surface area contributed by atoms with Crippen LogP contribution < -0.4 is 10.1 Å². The van der Waals surface area contributed by atoms with E-state index in [1.165, 1.54) is 7.11 Å². The van der Waals surface area contributed by atoms with Crippen molar-refractivity contribution < 1.29 is 14.3 Å². The van der Waals surface area contributed by atoms with E-state index in [1.54, 1.807) is 25.3 Å². The fraction of sp³-hybridized carbons (Fsp3) is 0.462. The van der Waals surface area contributed by atoms with E-state index in [1.807, 2.05) is 6.07 Å². The molecule has 18 heavy (non-hydrogen) atoms.